The summed E-state index contributed by atoms with van der Waals surface area (Å²) >= 11 is 0. The standard InChI is InChI=1S/C18H20N2O5/c1-12-5-8-17(24-4)13(9-12)11-25-18(21)15-10-14(20(22)23)6-7-16(15)19(2)3/h5-10H,11H2,1-4H3. The van der Waals surface area contributed by atoms with Gasteiger partial charge in [-0.05, 0) is 25.1 Å². The second-order valence-corrected chi connectivity index (χ2v) is 5.74. The summed E-state index contributed by atoms with van der Waals surface area (Å²) in [4.78, 5) is 24.6. The number of aryl methyl sites for hydroxylation is 1. The Balaban J connectivity index is 2.27. The highest BCUT2D eigenvalue weighted by Gasteiger charge is 2.19. The van der Waals surface area contributed by atoms with E-state index in [1.807, 2.05) is 19.1 Å². The van der Waals surface area contributed by atoms with Crippen LogP contribution >= 0.6 is 0 Å². The number of nitrogens with zero attached hydrogens (tertiary/aromatic N) is 2. The van der Waals surface area contributed by atoms with Crippen molar-refractivity contribution < 1.29 is 19.2 Å². The zero-order valence-electron chi connectivity index (χ0n) is 14.6. The predicted octanol–water partition coefficient (Wildman–Crippen LogP) is 3.33. The molecule has 7 heteroatoms. The Morgan fingerprint density at radius 2 is 1.92 bits per heavy atom. The minimum absolute atomic E-state index is 0.0131. The number of anilines is 1. The first-order valence-electron chi connectivity index (χ1n) is 7.60. The molecule has 0 unspecified atom stereocenters. The first-order valence-corrected chi connectivity index (χ1v) is 7.60. The molecular weight excluding hydrogens is 324 g/mol. The van der Waals surface area contributed by atoms with Crippen molar-refractivity contribution >= 4 is 17.3 Å². The molecular formula is C18H20N2O5. The van der Waals surface area contributed by atoms with Crippen molar-refractivity contribution in [3.8, 4) is 5.75 Å². The summed E-state index contributed by atoms with van der Waals surface area (Å²) in [7, 11) is 5.05. The number of rotatable bonds is 6. The lowest BCUT2D eigenvalue weighted by atomic mass is 10.1. The molecule has 2 rings (SSSR count). The molecule has 0 saturated carbocycles. The van der Waals surface area contributed by atoms with E-state index in [0.29, 0.717) is 11.4 Å². The molecule has 25 heavy (non-hydrogen) atoms. The number of carbonyl (C=O) groups excluding carboxylic acids is 1. The molecule has 0 spiro atoms. The van der Waals surface area contributed by atoms with Crippen LogP contribution in [0, 0.1) is 17.0 Å². The normalized spacial score (nSPS) is 10.2. The number of esters is 1. The Labute approximate surface area is 145 Å². The predicted molar refractivity (Wildman–Crippen MR) is 94.3 cm³/mol. The molecule has 0 saturated heterocycles. The molecule has 0 heterocycles. The lowest BCUT2D eigenvalue weighted by molar-refractivity contribution is -0.384. The van der Waals surface area contributed by atoms with Crippen molar-refractivity contribution in [3.63, 3.8) is 0 Å². The Morgan fingerprint density at radius 1 is 1.20 bits per heavy atom. The molecule has 0 amide bonds. The Kier molecular flexibility index (Phi) is 5.59. The first kappa shape index (κ1) is 18.3. The van der Waals surface area contributed by atoms with Crippen molar-refractivity contribution in [2.45, 2.75) is 13.5 Å². The summed E-state index contributed by atoms with van der Waals surface area (Å²) in [6, 6.07) is 9.68. The molecule has 7 nitrogen and oxygen atoms in total. The lowest BCUT2D eigenvalue weighted by Crippen LogP contribution is -2.16. The van der Waals surface area contributed by atoms with E-state index < -0.39 is 10.9 Å². The van der Waals surface area contributed by atoms with Crippen LogP contribution in [0.4, 0.5) is 11.4 Å². The monoisotopic (exact) mass is 344 g/mol. The van der Waals surface area contributed by atoms with E-state index in [9.17, 15) is 14.9 Å². The van der Waals surface area contributed by atoms with Crippen molar-refractivity contribution in [2.24, 2.45) is 0 Å². The summed E-state index contributed by atoms with van der Waals surface area (Å²) in [6.45, 7) is 1.94. The van der Waals surface area contributed by atoms with Crippen LogP contribution in [0.2, 0.25) is 0 Å². The molecule has 0 bridgehead atoms. The van der Waals surface area contributed by atoms with Gasteiger partial charge in [-0.3, -0.25) is 10.1 Å². The summed E-state index contributed by atoms with van der Waals surface area (Å²) < 4.78 is 10.6. The van der Waals surface area contributed by atoms with Gasteiger partial charge in [0, 0.05) is 31.8 Å². The fourth-order valence-electron chi connectivity index (χ4n) is 2.43. The second-order valence-electron chi connectivity index (χ2n) is 5.74. The fourth-order valence-corrected chi connectivity index (χ4v) is 2.43. The van der Waals surface area contributed by atoms with Crippen LogP contribution in [0.3, 0.4) is 0 Å². The number of hydrogen-bond donors (Lipinski definition) is 0. The Bertz CT molecular complexity index is 802. The van der Waals surface area contributed by atoms with Gasteiger partial charge in [0.15, 0.2) is 0 Å². The van der Waals surface area contributed by atoms with Gasteiger partial charge in [0.1, 0.15) is 12.4 Å². The second kappa shape index (κ2) is 7.65. The molecule has 0 radical (unpaired) electrons. The SMILES string of the molecule is COc1ccc(C)cc1COC(=O)c1cc([N+](=O)[O-])ccc1N(C)C. The van der Waals surface area contributed by atoms with Gasteiger partial charge in [-0.1, -0.05) is 11.6 Å². The van der Waals surface area contributed by atoms with Gasteiger partial charge in [0.05, 0.1) is 23.3 Å². The van der Waals surface area contributed by atoms with Gasteiger partial charge < -0.3 is 14.4 Å². The van der Waals surface area contributed by atoms with Crippen LogP contribution in [0.25, 0.3) is 0 Å². The molecule has 132 valence electrons. The zero-order chi connectivity index (χ0) is 18.6. The van der Waals surface area contributed by atoms with Gasteiger partial charge in [-0.15, -0.1) is 0 Å². The Morgan fingerprint density at radius 3 is 2.52 bits per heavy atom. The maximum absolute atomic E-state index is 12.5. The fraction of sp³-hybridized carbons (Fsp3) is 0.278. The van der Waals surface area contributed by atoms with Gasteiger partial charge in [-0.2, -0.15) is 0 Å². The minimum Gasteiger partial charge on any atom is -0.496 e. The highest BCUT2D eigenvalue weighted by atomic mass is 16.6. The van der Waals surface area contributed by atoms with Crippen LogP contribution in [-0.2, 0) is 11.3 Å². The van der Waals surface area contributed by atoms with Crippen molar-refractivity contribution in [1.82, 2.24) is 0 Å². The Hall–Kier alpha value is -3.09. The molecule has 2 aromatic rings. The molecule has 0 N–H and O–H groups in total. The van der Waals surface area contributed by atoms with E-state index >= 15 is 0 Å². The topological polar surface area (TPSA) is 81.9 Å². The van der Waals surface area contributed by atoms with Crippen molar-refractivity contribution in [2.75, 3.05) is 26.1 Å². The number of methoxy groups -OCH3 is 1. The minimum atomic E-state index is -0.629. The van der Waals surface area contributed by atoms with Crippen LogP contribution in [0.5, 0.6) is 5.75 Å². The highest BCUT2D eigenvalue weighted by Crippen LogP contribution is 2.26. The number of carbonyl (C=O) groups is 1. The van der Waals surface area contributed by atoms with Crippen molar-refractivity contribution in [1.29, 1.82) is 0 Å². The van der Waals surface area contributed by atoms with E-state index in [1.165, 1.54) is 18.2 Å². The molecule has 0 fully saturated rings. The number of non-ortho nitro benzene ring substituents is 1. The highest BCUT2D eigenvalue weighted by molar-refractivity contribution is 5.96. The van der Waals surface area contributed by atoms with Gasteiger partial charge in [-0.25, -0.2) is 4.79 Å². The molecule has 0 atom stereocenters. The first-order chi connectivity index (χ1) is 11.8. The van der Waals surface area contributed by atoms with E-state index in [2.05, 4.69) is 0 Å². The quantitative estimate of drug-likeness (QED) is 0.454. The number of benzene rings is 2. The molecule has 2 aromatic carbocycles. The molecule has 0 aliphatic carbocycles. The van der Waals surface area contributed by atoms with E-state index in [-0.39, 0.29) is 17.9 Å². The van der Waals surface area contributed by atoms with Gasteiger partial charge in [0.2, 0.25) is 0 Å². The maximum Gasteiger partial charge on any atom is 0.340 e. The molecule has 0 aliphatic rings. The van der Waals surface area contributed by atoms with E-state index in [1.54, 1.807) is 32.2 Å². The van der Waals surface area contributed by atoms with Crippen LogP contribution < -0.4 is 9.64 Å². The van der Waals surface area contributed by atoms with E-state index in [0.717, 1.165) is 11.1 Å². The smallest absolute Gasteiger partial charge is 0.340 e. The third kappa shape index (κ3) is 4.26. The molecule has 0 aliphatic heterocycles. The summed E-state index contributed by atoms with van der Waals surface area (Å²) in [6.07, 6.45) is 0. The number of hydrogen-bond acceptors (Lipinski definition) is 6. The van der Waals surface area contributed by atoms with Gasteiger partial charge in [0.25, 0.3) is 5.69 Å². The summed E-state index contributed by atoms with van der Waals surface area (Å²) in [5.41, 5.74) is 2.27. The van der Waals surface area contributed by atoms with E-state index in [4.69, 9.17) is 9.47 Å². The van der Waals surface area contributed by atoms with Crippen molar-refractivity contribution in [3.05, 3.63) is 63.2 Å². The average molecular weight is 344 g/mol. The largest absolute Gasteiger partial charge is 0.496 e. The maximum atomic E-state index is 12.5. The zero-order valence-corrected chi connectivity index (χ0v) is 14.6. The third-order valence-electron chi connectivity index (χ3n) is 3.69. The summed E-state index contributed by atoms with van der Waals surface area (Å²) in [5, 5.41) is 11.0. The van der Waals surface area contributed by atoms with Gasteiger partial charge >= 0.3 is 5.97 Å². The van der Waals surface area contributed by atoms with Crippen LogP contribution in [0.1, 0.15) is 21.5 Å². The van der Waals surface area contributed by atoms with Crippen LogP contribution in [0.15, 0.2) is 36.4 Å². The number of ether oxygens (including phenoxy) is 2. The summed E-state index contributed by atoms with van der Waals surface area (Å²) in [5.74, 6) is -0.0127. The lowest BCUT2D eigenvalue weighted by Gasteiger charge is -2.17. The number of nitro groups is 1. The molecule has 0 aromatic heterocycles. The third-order valence-corrected chi connectivity index (χ3v) is 3.69. The average Bonchev–Trinajstić information content (AvgIpc) is 2.59. The number of nitro benzene ring substituents is 1. The van der Waals surface area contributed by atoms with Crippen LogP contribution in [-0.4, -0.2) is 32.1 Å².